The zero-order chi connectivity index (χ0) is 15.8. The summed E-state index contributed by atoms with van der Waals surface area (Å²) in [5, 5.41) is 17.7. The number of aliphatic hydroxyl groups excluding tert-OH is 1. The molecule has 1 N–H and O–H groups in total. The SMILES string of the molecule is CCCCCCN1CCC(Cn2cc(C[C@@H](C)O)nn2)CC1. The Morgan fingerprint density at radius 3 is 2.73 bits per heavy atom. The van der Waals surface area contributed by atoms with Gasteiger partial charge in [0.25, 0.3) is 0 Å². The lowest BCUT2D eigenvalue weighted by molar-refractivity contribution is 0.168. The summed E-state index contributed by atoms with van der Waals surface area (Å²) in [6, 6.07) is 0. The van der Waals surface area contributed by atoms with Crippen molar-refractivity contribution in [3.05, 3.63) is 11.9 Å². The minimum atomic E-state index is -0.346. The molecule has 1 aliphatic heterocycles. The van der Waals surface area contributed by atoms with Crippen molar-refractivity contribution >= 4 is 0 Å². The van der Waals surface area contributed by atoms with Gasteiger partial charge in [0.05, 0.1) is 11.8 Å². The Morgan fingerprint density at radius 2 is 2.05 bits per heavy atom. The summed E-state index contributed by atoms with van der Waals surface area (Å²) in [7, 11) is 0. The molecule has 2 rings (SSSR count). The van der Waals surface area contributed by atoms with Crippen LogP contribution in [0.2, 0.25) is 0 Å². The van der Waals surface area contributed by atoms with E-state index >= 15 is 0 Å². The number of hydrogen-bond donors (Lipinski definition) is 1. The maximum atomic E-state index is 9.39. The van der Waals surface area contributed by atoms with E-state index < -0.39 is 0 Å². The molecule has 1 atom stereocenters. The van der Waals surface area contributed by atoms with E-state index in [0.717, 1.165) is 12.2 Å². The van der Waals surface area contributed by atoms with Gasteiger partial charge in [-0.3, -0.25) is 4.68 Å². The Bertz CT molecular complexity index is 411. The molecule has 0 aliphatic carbocycles. The van der Waals surface area contributed by atoms with E-state index in [1.54, 1.807) is 6.92 Å². The van der Waals surface area contributed by atoms with Gasteiger partial charge >= 0.3 is 0 Å². The van der Waals surface area contributed by atoms with Crippen LogP contribution >= 0.6 is 0 Å². The van der Waals surface area contributed by atoms with Crippen LogP contribution in [0, 0.1) is 5.92 Å². The van der Waals surface area contributed by atoms with Crippen LogP contribution in [-0.2, 0) is 13.0 Å². The Hall–Kier alpha value is -0.940. The van der Waals surface area contributed by atoms with Crippen LogP contribution in [0.5, 0.6) is 0 Å². The van der Waals surface area contributed by atoms with Crippen molar-refractivity contribution in [2.75, 3.05) is 19.6 Å². The number of likely N-dealkylation sites (tertiary alicyclic amines) is 1. The van der Waals surface area contributed by atoms with Gasteiger partial charge in [-0.2, -0.15) is 0 Å². The molecule has 5 nitrogen and oxygen atoms in total. The summed E-state index contributed by atoms with van der Waals surface area (Å²) in [6.45, 7) is 8.75. The molecule has 1 fully saturated rings. The van der Waals surface area contributed by atoms with E-state index in [4.69, 9.17) is 0 Å². The van der Waals surface area contributed by atoms with Gasteiger partial charge in [0.2, 0.25) is 0 Å². The van der Waals surface area contributed by atoms with Crippen molar-refractivity contribution in [1.29, 1.82) is 0 Å². The van der Waals surface area contributed by atoms with Crippen LogP contribution < -0.4 is 0 Å². The quantitative estimate of drug-likeness (QED) is 0.712. The highest BCUT2D eigenvalue weighted by Crippen LogP contribution is 2.19. The molecule has 22 heavy (non-hydrogen) atoms. The number of aliphatic hydroxyl groups is 1. The molecule has 2 heterocycles. The Labute approximate surface area is 134 Å². The lowest BCUT2D eigenvalue weighted by Gasteiger charge is -2.31. The van der Waals surface area contributed by atoms with Crippen LogP contribution in [0.4, 0.5) is 0 Å². The Morgan fingerprint density at radius 1 is 1.27 bits per heavy atom. The fourth-order valence-corrected chi connectivity index (χ4v) is 3.24. The van der Waals surface area contributed by atoms with Crippen molar-refractivity contribution in [3.63, 3.8) is 0 Å². The first-order chi connectivity index (χ1) is 10.7. The fourth-order valence-electron chi connectivity index (χ4n) is 3.24. The number of aromatic nitrogens is 3. The third kappa shape index (κ3) is 6.05. The molecule has 126 valence electrons. The highest BCUT2D eigenvalue weighted by atomic mass is 16.3. The zero-order valence-electron chi connectivity index (χ0n) is 14.2. The summed E-state index contributed by atoms with van der Waals surface area (Å²) in [5.74, 6) is 0.716. The first-order valence-electron chi connectivity index (χ1n) is 8.96. The van der Waals surface area contributed by atoms with Gasteiger partial charge in [0.1, 0.15) is 0 Å². The van der Waals surface area contributed by atoms with Crippen LogP contribution in [0.3, 0.4) is 0 Å². The third-order valence-electron chi connectivity index (χ3n) is 4.57. The van der Waals surface area contributed by atoms with Gasteiger partial charge in [-0.05, 0) is 51.7 Å². The van der Waals surface area contributed by atoms with Crippen LogP contribution in [0.1, 0.15) is 58.1 Å². The zero-order valence-corrected chi connectivity index (χ0v) is 14.2. The molecule has 0 saturated carbocycles. The molecule has 1 saturated heterocycles. The molecule has 0 spiro atoms. The summed E-state index contributed by atoms with van der Waals surface area (Å²) in [5.41, 5.74) is 0.892. The van der Waals surface area contributed by atoms with Crippen molar-refractivity contribution in [2.24, 2.45) is 5.92 Å². The number of piperidine rings is 1. The first-order valence-corrected chi connectivity index (χ1v) is 8.96. The number of unbranched alkanes of at least 4 members (excludes halogenated alkanes) is 3. The van der Waals surface area contributed by atoms with E-state index in [0.29, 0.717) is 12.3 Å². The normalized spacial score (nSPS) is 18.7. The molecular formula is C17H32N4O. The number of rotatable bonds is 9. The maximum absolute atomic E-state index is 9.39. The fraction of sp³-hybridized carbons (Fsp3) is 0.882. The van der Waals surface area contributed by atoms with E-state index in [9.17, 15) is 5.11 Å². The molecule has 0 unspecified atom stereocenters. The maximum Gasteiger partial charge on any atom is 0.0852 e. The topological polar surface area (TPSA) is 54.2 Å². The minimum absolute atomic E-state index is 0.346. The smallest absolute Gasteiger partial charge is 0.0852 e. The second-order valence-corrected chi connectivity index (χ2v) is 6.83. The average Bonchev–Trinajstić information content (AvgIpc) is 2.91. The molecule has 1 aliphatic rings. The lowest BCUT2D eigenvalue weighted by atomic mass is 9.96. The summed E-state index contributed by atoms with van der Waals surface area (Å²) in [6.07, 6.45) is 10.2. The average molecular weight is 308 g/mol. The minimum Gasteiger partial charge on any atom is -0.393 e. The molecule has 1 aromatic rings. The van der Waals surface area contributed by atoms with Crippen molar-refractivity contribution < 1.29 is 5.11 Å². The highest BCUT2D eigenvalue weighted by Gasteiger charge is 2.19. The van der Waals surface area contributed by atoms with Crippen LogP contribution in [0.25, 0.3) is 0 Å². The first kappa shape index (κ1) is 17.4. The molecule has 5 heteroatoms. The van der Waals surface area contributed by atoms with Crippen LogP contribution in [-0.4, -0.2) is 50.7 Å². The molecule has 0 amide bonds. The molecule has 1 aromatic heterocycles. The predicted octanol–water partition coefficient (Wildman–Crippen LogP) is 2.49. The number of nitrogens with zero attached hydrogens (tertiary/aromatic N) is 4. The third-order valence-corrected chi connectivity index (χ3v) is 4.57. The second kappa shape index (κ2) is 9.26. The van der Waals surface area contributed by atoms with Crippen molar-refractivity contribution in [3.8, 4) is 0 Å². The lowest BCUT2D eigenvalue weighted by Crippen LogP contribution is -2.35. The van der Waals surface area contributed by atoms with Crippen LogP contribution in [0.15, 0.2) is 6.20 Å². The van der Waals surface area contributed by atoms with E-state index in [2.05, 4.69) is 22.1 Å². The van der Waals surface area contributed by atoms with E-state index in [1.807, 2.05) is 10.9 Å². The number of hydrogen-bond acceptors (Lipinski definition) is 4. The predicted molar refractivity (Wildman–Crippen MR) is 88.7 cm³/mol. The van der Waals surface area contributed by atoms with Crippen molar-refractivity contribution in [2.45, 2.75) is 71.4 Å². The standard InChI is InChI=1S/C17H32N4O/c1-3-4-5-6-9-20-10-7-16(8-11-20)13-21-14-17(18-19-21)12-15(2)22/h14-16,22H,3-13H2,1-2H3/t15-/m1/s1. The van der Waals surface area contributed by atoms with Gasteiger partial charge in [0.15, 0.2) is 0 Å². The molecule has 0 radical (unpaired) electrons. The van der Waals surface area contributed by atoms with Gasteiger partial charge in [-0.15, -0.1) is 5.10 Å². The molecular weight excluding hydrogens is 276 g/mol. The monoisotopic (exact) mass is 308 g/mol. The van der Waals surface area contributed by atoms with Gasteiger partial charge in [-0.1, -0.05) is 31.4 Å². The van der Waals surface area contributed by atoms with E-state index in [1.165, 1.54) is 58.2 Å². The summed E-state index contributed by atoms with van der Waals surface area (Å²) < 4.78 is 1.96. The highest BCUT2D eigenvalue weighted by molar-refractivity contribution is 4.94. The summed E-state index contributed by atoms with van der Waals surface area (Å²) >= 11 is 0. The second-order valence-electron chi connectivity index (χ2n) is 6.83. The largest absolute Gasteiger partial charge is 0.393 e. The van der Waals surface area contributed by atoms with Gasteiger partial charge < -0.3 is 10.0 Å². The van der Waals surface area contributed by atoms with Gasteiger partial charge in [-0.25, -0.2) is 0 Å². The van der Waals surface area contributed by atoms with Crippen molar-refractivity contribution in [1.82, 2.24) is 19.9 Å². The molecule has 0 bridgehead atoms. The summed E-state index contributed by atoms with van der Waals surface area (Å²) in [4.78, 5) is 2.62. The molecule has 0 aromatic carbocycles. The van der Waals surface area contributed by atoms with Gasteiger partial charge in [0, 0.05) is 19.2 Å². The Kier molecular flexibility index (Phi) is 7.33. The van der Waals surface area contributed by atoms with E-state index in [-0.39, 0.29) is 6.10 Å². The Balaban J connectivity index is 1.65.